The van der Waals surface area contributed by atoms with Crippen LogP contribution in [-0.4, -0.2) is 12.2 Å². The molecule has 0 fully saturated rings. The quantitative estimate of drug-likeness (QED) is 0.890. The van der Waals surface area contributed by atoms with Gasteiger partial charge in [0.15, 0.2) is 0 Å². The Morgan fingerprint density at radius 2 is 2.12 bits per heavy atom. The van der Waals surface area contributed by atoms with Crippen LogP contribution in [0.3, 0.4) is 0 Å². The molecule has 2 aromatic rings. The third-order valence-corrected chi connectivity index (χ3v) is 3.24. The van der Waals surface area contributed by atoms with Crippen LogP contribution in [0.25, 0.3) is 0 Å². The second kappa shape index (κ2) is 4.63. The van der Waals surface area contributed by atoms with Crippen molar-refractivity contribution < 1.29 is 14.2 Å². The maximum absolute atomic E-state index is 13.6. The Kier molecular flexibility index (Phi) is 3.22. The third-order valence-electron chi connectivity index (χ3n) is 2.32. The van der Waals surface area contributed by atoms with Crippen LogP contribution in [0.4, 0.5) is 4.39 Å². The van der Waals surface area contributed by atoms with Crippen LogP contribution >= 0.6 is 11.3 Å². The molecule has 1 unspecified atom stereocenters. The molecule has 1 heterocycles. The highest BCUT2D eigenvalue weighted by molar-refractivity contribution is 7.10. The first-order valence-corrected chi connectivity index (χ1v) is 5.66. The van der Waals surface area contributed by atoms with Gasteiger partial charge in [0, 0.05) is 4.88 Å². The topological polar surface area (TPSA) is 29.5 Å². The molecule has 0 amide bonds. The van der Waals surface area contributed by atoms with Crippen molar-refractivity contribution in [3.63, 3.8) is 0 Å². The van der Waals surface area contributed by atoms with Crippen molar-refractivity contribution in [3.05, 3.63) is 52.0 Å². The minimum absolute atomic E-state index is 0.187. The highest BCUT2D eigenvalue weighted by atomic mass is 32.1. The van der Waals surface area contributed by atoms with Gasteiger partial charge in [-0.3, -0.25) is 0 Å². The average molecular weight is 238 g/mol. The number of aliphatic hydroxyl groups excluding tert-OH is 1. The van der Waals surface area contributed by atoms with Crippen LogP contribution in [0, 0.1) is 5.82 Å². The zero-order valence-corrected chi connectivity index (χ0v) is 9.50. The van der Waals surface area contributed by atoms with Crippen molar-refractivity contribution in [2.24, 2.45) is 0 Å². The fourth-order valence-corrected chi connectivity index (χ4v) is 2.27. The Bertz CT molecular complexity index is 468. The molecule has 0 bridgehead atoms. The molecular weight excluding hydrogens is 227 g/mol. The fourth-order valence-electron chi connectivity index (χ4n) is 1.55. The van der Waals surface area contributed by atoms with Crippen LogP contribution in [-0.2, 0) is 0 Å². The summed E-state index contributed by atoms with van der Waals surface area (Å²) in [6, 6.07) is 8.08. The van der Waals surface area contributed by atoms with E-state index >= 15 is 0 Å². The lowest BCUT2D eigenvalue weighted by Crippen LogP contribution is -2.03. The van der Waals surface area contributed by atoms with Crippen molar-refractivity contribution in [2.75, 3.05) is 7.11 Å². The molecule has 0 spiro atoms. The summed E-state index contributed by atoms with van der Waals surface area (Å²) < 4.78 is 18.7. The van der Waals surface area contributed by atoms with Crippen LogP contribution in [0.1, 0.15) is 16.5 Å². The number of hydrogen-bond acceptors (Lipinski definition) is 3. The van der Waals surface area contributed by atoms with Crippen LogP contribution < -0.4 is 4.74 Å². The molecule has 84 valence electrons. The fraction of sp³-hybridized carbons (Fsp3) is 0.167. The van der Waals surface area contributed by atoms with Gasteiger partial charge >= 0.3 is 0 Å². The van der Waals surface area contributed by atoms with Crippen LogP contribution in [0.15, 0.2) is 35.7 Å². The largest absolute Gasteiger partial charge is 0.496 e. The summed E-state index contributed by atoms with van der Waals surface area (Å²) in [5, 5.41) is 11.9. The van der Waals surface area contributed by atoms with E-state index in [0.717, 1.165) is 0 Å². The monoisotopic (exact) mass is 238 g/mol. The summed E-state index contributed by atoms with van der Waals surface area (Å²) in [7, 11) is 1.46. The Balaban J connectivity index is 2.47. The summed E-state index contributed by atoms with van der Waals surface area (Å²) in [5.41, 5.74) is 0.187. The SMILES string of the molecule is COc1cccc(F)c1C(O)c1cccs1. The van der Waals surface area contributed by atoms with Gasteiger partial charge in [-0.05, 0) is 23.6 Å². The van der Waals surface area contributed by atoms with Crippen LogP contribution in [0.5, 0.6) is 5.75 Å². The molecule has 0 radical (unpaired) electrons. The molecule has 0 aliphatic rings. The van der Waals surface area contributed by atoms with E-state index in [1.54, 1.807) is 18.2 Å². The first-order valence-electron chi connectivity index (χ1n) is 4.78. The predicted octanol–water partition coefficient (Wildman–Crippen LogP) is 2.98. The van der Waals surface area contributed by atoms with Crippen molar-refractivity contribution in [3.8, 4) is 5.75 Å². The number of methoxy groups -OCH3 is 1. The summed E-state index contributed by atoms with van der Waals surface area (Å²) in [4.78, 5) is 0.698. The van der Waals surface area contributed by atoms with E-state index in [1.165, 1.54) is 24.5 Å². The third kappa shape index (κ3) is 1.94. The molecule has 0 aliphatic carbocycles. The molecule has 2 nitrogen and oxygen atoms in total. The van der Waals surface area contributed by atoms with E-state index < -0.39 is 11.9 Å². The van der Waals surface area contributed by atoms with Gasteiger partial charge in [-0.25, -0.2) is 4.39 Å². The van der Waals surface area contributed by atoms with E-state index in [0.29, 0.717) is 10.6 Å². The van der Waals surface area contributed by atoms with Gasteiger partial charge in [-0.15, -0.1) is 11.3 Å². The van der Waals surface area contributed by atoms with E-state index in [4.69, 9.17) is 4.74 Å². The smallest absolute Gasteiger partial charge is 0.133 e. The van der Waals surface area contributed by atoms with Gasteiger partial charge < -0.3 is 9.84 Å². The van der Waals surface area contributed by atoms with Gasteiger partial charge in [0.2, 0.25) is 0 Å². The Morgan fingerprint density at radius 1 is 1.31 bits per heavy atom. The first-order chi connectivity index (χ1) is 7.74. The number of thiophene rings is 1. The summed E-state index contributed by atoms with van der Waals surface area (Å²) >= 11 is 1.38. The molecular formula is C12H11FO2S. The van der Waals surface area contributed by atoms with Crippen molar-refractivity contribution >= 4 is 11.3 Å². The molecule has 16 heavy (non-hydrogen) atoms. The lowest BCUT2D eigenvalue weighted by atomic mass is 10.1. The number of benzene rings is 1. The molecule has 2 rings (SSSR count). The lowest BCUT2D eigenvalue weighted by Gasteiger charge is -2.14. The summed E-state index contributed by atoms with van der Waals surface area (Å²) in [6.07, 6.45) is -0.976. The van der Waals surface area contributed by atoms with Crippen molar-refractivity contribution in [1.82, 2.24) is 0 Å². The standard InChI is InChI=1S/C12H11FO2S/c1-15-9-5-2-4-8(13)11(9)12(14)10-6-3-7-16-10/h2-7,12,14H,1H3. The minimum Gasteiger partial charge on any atom is -0.496 e. The number of rotatable bonds is 3. The number of aliphatic hydroxyl groups is 1. The Hall–Kier alpha value is -1.39. The molecule has 0 saturated heterocycles. The number of ether oxygens (including phenoxy) is 1. The van der Waals surface area contributed by atoms with Crippen LogP contribution in [0.2, 0.25) is 0 Å². The number of hydrogen-bond donors (Lipinski definition) is 1. The average Bonchev–Trinajstić information content (AvgIpc) is 2.81. The lowest BCUT2D eigenvalue weighted by molar-refractivity contribution is 0.212. The van der Waals surface area contributed by atoms with Gasteiger partial charge in [-0.2, -0.15) is 0 Å². The minimum atomic E-state index is -0.976. The molecule has 4 heteroatoms. The first kappa shape index (κ1) is 11.1. The molecule has 0 saturated carbocycles. The van der Waals surface area contributed by atoms with E-state index in [9.17, 15) is 9.50 Å². The highest BCUT2D eigenvalue weighted by Crippen LogP contribution is 2.33. The summed E-state index contributed by atoms with van der Waals surface area (Å²) in [6.45, 7) is 0. The molecule has 1 aromatic carbocycles. The van der Waals surface area contributed by atoms with E-state index in [1.807, 2.05) is 11.4 Å². The van der Waals surface area contributed by atoms with Gasteiger partial charge in [0.05, 0.1) is 12.7 Å². The van der Waals surface area contributed by atoms with E-state index in [2.05, 4.69) is 0 Å². The van der Waals surface area contributed by atoms with Crippen molar-refractivity contribution in [1.29, 1.82) is 0 Å². The van der Waals surface area contributed by atoms with Gasteiger partial charge in [-0.1, -0.05) is 12.1 Å². The molecule has 0 aliphatic heterocycles. The predicted molar refractivity (Wildman–Crippen MR) is 61.3 cm³/mol. The maximum atomic E-state index is 13.6. The zero-order chi connectivity index (χ0) is 11.5. The molecule has 1 aromatic heterocycles. The zero-order valence-electron chi connectivity index (χ0n) is 8.68. The van der Waals surface area contributed by atoms with Gasteiger partial charge in [0.25, 0.3) is 0 Å². The van der Waals surface area contributed by atoms with Gasteiger partial charge in [0.1, 0.15) is 17.7 Å². The Morgan fingerprint density at radius 3 is 2.75 bits per heavy atom. The second-order valence-corrected chi connectivity index (χ2v) is 4.25. The normalized spacial score (nSPS) is 12.4. The number of halogens is 1. The maximum Gasteiger partial charge on any atom is 0.133 e. The molecule has 1 N–H and O–H groups in total. The molecule has 1 atom stereocenters. The Labute approximate surface area is 96.9 Å². The summed E-state index contributed by atoms with van der Waals surface area (Å²) in [5.74, 6) is -0.0962. The van der Waals surface area contributed by atoms with Crippen molar-refractivity contribution in [2.45, 2.75) is 6.10 Å². The second-order valence-electron chi connectivity index (χ2n) is 3.27. The highest BCUT2D eigenvalue weighted by Gasteiger charge is 2.20. The van der Waals surface area contributed by atoms with E-state index in [-0.39, 0.29) is 5.56 Å².